The molecular weight excluding hydrogens is 314 g/mol. The van der Waals surface area contributed by atoms with Gasteiger partial charge in [0.2, 0.25) is 0 Å². The summed E-state index contributed by atoms with van der Waals surface area (Å²) in [7, 11) is 1.60. The monoisotopic (exact) mass is 333 g/mol. The zero-order valence-electron chi connectivity index (χ0n) is 13.4. The predicted molar refractivity (Wildman–Crippen MR) is 92.5 cm³/mol. The molecule has 2 aromatic rings. The van der Waals surface area contributed by atoms with Gasteiger partial charge in [0.05, 0.1) is 7.11 Å². The minimum Gasteiger partial charge on any atom is -0.497 e. The molecule has 0 heterocycles. The zero-order valence-corrected chi connectivity index (χ0v) is 14.2. The van der Waals surface area contributed by atoms with Crippen molar-refractivity contribution in [2.24, 2.45) is 0 Å². The smallest absolute Gasteiger partial charge is 0.265 e. The van der Waals surface area contributed by atoms with E-state index in [1.54, 1.807) is 43.5 Å². The van der Waals surface area contributed by atoms with Crippen molar-refractivity contribution in [1.82, 2.24) is 0 Å². The molecule has 0 spiro atoms. The maximum atomic E-state index is 12.4. The Bertz CT molecular complexity index is 670. The molecule has 0 bridgehead atoms. The number of rotatable bonds is 6. The quantitative estimate of drug-likeness (QED) is 0.849. The number of carbonyl (C=O) groups is 1. The summed E-state index contributed by atoms with van der Waals surface area (Å²) in [4.78, 5) is 12.4. The molecule has 1 N–H and O–H groups in total. The molecule has 0 aliphatic heterocycles. The van der Waals surface area contributed by atoms with Crippen molar-refractivity contribution in [3.05, 3.63) is 53.1 Å². The standard InChI is InChI=1S/C18H20ClNO3/c1-4-17(23-15-9-7-14(22-3)8-10-15)18(21)20-16-11-13(19)6-5-12(16)2/h5-11,17H,4H2,1-3H3,(H,20,21)/t17-/m0/s1. The molecule has 2 rings (SSSR count). The Balaban J connectivity index is 2.07. The van der Waals surface area contributed by atoms with Gasteiger partial charge in [-0.25, -0.2) is 0 Å². The number of aryl methyl sites for hydroxylation is 1. The second-order valence-corrected chi connectivity index (χ2v) is 5.58. The van der Waals surface area contributed by atoms with Crippen LogP contribution in [-0.4, -0.2) is 19.1 Å². The molecular formula is C18H20ClNO3. The van der Waals surface area contributed by atoms with E-state index in [1.165, 1.54) is 0 Å². The van der Waals surface area contributed by atoms with Crippen LogP contribution in [0.2, 0.25) is 5.02 Å². The van der Waals surface area contributed by atoms with E-state index >= 15 is 0 Å². The number of amides is 1. The Hall–Kier alpha value is -2.20. The summed E-state index contributed by atoms with van der Waals surface area (Å²) in [6.07, 6.45) is -0.0286. The van der Waals surface area contributed by atoms with Crippen LogP contribution in [0.25, 0.3) is 0 Å². The largest absolute Gasteiger partial charge is 0.497 e. The number of ether oxygens (including phenoxy) is 2. The van der Waals surface area contributed by atoms with Gasteiger partial charge in [0, 0.05) is 10.7 Å². The van der Waals surface area contributed by atoms with Crippen LogP contribution in [0.3, 0.4) is 0 Å². The molecule has 0 aromatic heterocycles. The predicted octanol–water partition coefficient (Wildman–Crippen LogP) is 4.45. The summed E-state index contributed by atoms with van der Waals surface area (Å²) < 4.78 is 10.9. The number of hydrogen-bond donors (Lipinski definition) is 1. The summed E-state index contributed by atoms with van der Waals surface area (Å²) in [6.45, 7) is 3.82. The Labute approximate surface area is 141 Å². The number of methoxy groups -OCH3 is 1. The van der Waals surface area contributed by atoms with Crippen molar-refractivity contribution in [2.75, 3.05) is 12.4 Å². The van der Waals surface area contributed by atoms with Crippen molar-refractivity contribution in [1.29, 1.82) is 0 Å². The highest BCUT2D eigenvalue weighted by Gasteiger charge is 2.19. The van der Waals surface area contributed by atoms with E-state index in [2.05, 4.69) is 5.32 Å². The first-order valence-corrected chi connectivity index (χ1v) is 7.79. The number of nitrogens with one attached hydrogen (secondary N) is 1. The van der Waals surface area contributed by atoms with Crippen molar-refractivity contribution < 1.29 is 14.3 Å². The van der Waals surface area contributed by atoms with E-state index in [0.29, 0.717) is 22.9 Å². The molecule has 122 valence electrons. The van der Waals surface area contributed by atoms with Crippen molar-refractivity contribution >= 4 is 23.2 Å². The number of benzene rings is 2. The second-order valence-electron chi connectivity index (χ2n) is 5.14. The van der Waals surface area contributed by atoms with Gasteiger partial charge in [-0.2, -0.15) is 0 Å². The molecule has 0 unspecified atom stereocenters. The molecule has 5 heteroatoms. The first-order chi connectivity index (χ1) is 11.0. The molecule has 0 saturated carbocycles. The van der Waals surface area contributed by atoms with E-state index in [9.17, 15) is 4.79 Å². The summed E-state index contributed by atoms with van der Waals surface area (Å²) in [5.41, 5.74) is 1.64. The van der Waals surface area contributed by atoms with Crippen LogP contribution in [0.1, 0.15) is 18.9 Å². The van der Waals surface area contributed by atoms with Gasteiger partial charge < -0.3 is 14.8 Å². The van der Waals surface area contributed by atoms with E-state index in [0.717, 1.165) is 11.3 Å². The third-order valence-corrected chi connectivity index (χ3v) is 3.69. The van der Waals surface area contributed by atoms with E-state index < -0.39 is 6.10 Å². The minimum absolute atomic E-state index is 0.200. The van der Waals surface area contributed by atoms with Gasteiger partial charge in [-0.05, 0) is 55.3 Å². The lowest BCUT2D eigenvalue weighted by atomic mass is 10.2. The lowest BCUT2D eigenvalue weighted by Gasteiger charge is -2.18. The summed E-state index contributed by atoms with van der Waals surface area (Å²) >= 11 is 5.98. The van der Waals surface area contributed by atoms with Crippen LogP contribution >= 0.6 is 11.6 Å². The molecule has 0 aliphatic carbocycles. The average Bonchev–Trinajstić information content (AvgIpc) is 2.56. The fraction of sp³-hybridized carbons (Fsp3) is 0.278. The molecule has 2 aromatic carbocycles. The van der Waals surface area contributed by atoms with Gasteiger partial charge in [-0.1, -0.05) is 24.6 Å². The highest BCUT2D eigenvalue weighted by atomic mass is 35.5. The normalized spacial score (nSPS) is 11.7. The van der Waals surface area contributed by atoms with Crippen molar-refractivity contribution in [3.8, 4) is 11.5 Å². The fourth-order valence-corrected chi connectivity index (χ4v) is 2.26. The highest BCUT2D eigenvalue weighted by Crippen LogP contribution is 2.22. The van der Waals surface area contributed by atoms with Crippen molar-refractivity contribution in [2.45, 2.75) is 26.4 Å². The SMILES string of the molecule is CC[C@H](Oc1ccc(OC)cc1)C(=O)Nc1cc(Cl)ccc1C. The summed E-state index contributed by atoms with van der Waals surface area (Å²) in [5, 5.41) is 3.45. The van der Waals surface area contributed by atoms with Gasteiger partial charge in [-0.15, -0.1) is 0 Å². The molecule has 0 fully saturated rings. The maximum absolute atomic E-state index is 12.4. The Morgan fingerprint density at radius 3 is 2.43 bits per heavy atom. The molecule has 0 radical (unpaired) electrons. The number of halogens is 1. The molecule has 1 amide bonds. The average molecular weight is 334 g/mol. The fourth-order valence-electron chi connectivity index (χ4n) is 2.08. The van der Waals surface area contributed by atoms with Crippen LogP contribution in [0.4, 0.5) is 5.69 Å². The molecule has 0 saturated heterocycles. The Kier molecular flexibility index (Phi) is 5.88. The lowest BCUT2D eigenvalue weighted by Crippen LogP contribution is -2.32. The third-order valence-electron chi connectivity index (χ3n) is 3.46. The van der Waals surface area contributed by atoms with Gasteiger partial charge in [0.1, 0.15) is 11.5 Å². The second kappa shape index (κ2) is 7.88. The van der Waals surface area contributed by atoms with Crippen LogP contribution < -0.4 is 14.8 Å². The number of carbonyl (C=O) groups excluding carboxylic acids is 1. The summed E-state index contributed by atoms with van der Waals surface area (Å²) in [6, 6.07) is 12.5. The first-order valence-electron chi connectivity index (χ1n) is 7.41. The molecule has 4 nitrogen and oxygen atoms in total. The van der Waals surface area contributed by atoms with Crippen LogP contribution in [0.5, 0.6) is 11.5 Å². The number of hydrogen-bond acceptors (Lipinski definition) is 3. The van der Waals surface area contributed by atoms with Crippen LogP contribution in [0.15, 0.2) is 42.5 Å². The Morgan fingerprint density at radius 1 is 1.17 bits per heavy atom. The van der Waals surface area contributed by atoms with Gasteiger partial charge >= 0.3 is 0 Å². The molecule has 23 heavy (non-hydrogen) atoms. The van der Waals surface area contributed by atoms with Crippen molar-refractivity contribution in [3.63, 3.8) is 0 Å². The minimum atomic E-state index is -0.582. The van der Waals surface area contributed by atoms with E-state index in [4.69, 9.17) is 21.1 Å². The lowest BCUT2D eigenvalue weighted by molar-refractivity contribution is -0.122. The summed E-state index contributed by atoms with van der Waals surface area (Å²) in [5.74, 6) is 1.16. The van der Waals surface area contributed by atoms with E-state index in [1.807, 2.05) is 19.9 Å². The van der Waals surface area contributed by atoms with Gasteiger partial charge in [-0.3, -0.25) is 4.79 Å². The maximum Gasteiger partial charge on any atom is 0.265 e. The van der Waals surface area contributed by atoms with E-state index in [-0.39, 0.29) is 5.91 Å². The van der Waals surface area contributed by atoms with Gasteiger partial charge in [0.25, 0.3) is 5.91 Å². The molecule has 1 atom stereocenters. The topological polar surface area (TPSA) is 47.6 Å². The van der Waals surface area contributed by atoms with Crippen LogP contribution in [-0.2, 0) is 4.79 Å². The highest BCUT2D eigenvalue weighted by molar-refractivity contribution is 6.31. The zero-order chi connectivity index (χ0) is 16.8. The van der Waals surface area contributed by atoms with Crippen LogP contribution in [0, 0.1) is 6.92 Å². The molecule has 0 aliphatic rings. The first kappa shape index (κ1) is 17.2. The van der Waals surface area contributed by atoms with Gasteiger partial charge in [0.15, 0.2) is 6.10 Å². The Morgan fingerprint density at radius 2 is 1.83 bits per heavy atom. The number of anilines is 1. The third kappa shape index (κ3) is 4.63.